The van der Waals surface area contributed by atoms with E-state index in [1.165, 1.54) is 26.1 Å². The smallest absolute Gasteiger partial charge is 0.117 e. The largest absolute Gasteiger partial charge is 0.468 e. The lowest BCUT2D eigenvalue weighted by atomic mass is 10.1. The molecule has 1 aromatic rings. The van der Waals surface area contributed by atoms with E-state index in [1.54, 1.807) is 6.26 Å². The fourth-order valence-electron chi connectivity index (χ4n) is 2.60. The van der Waals surface area contributed by atoms with Gasteiger partial charge >= 0.3 is 0 Å². The molecule has 1 aliphatic rings. The molecule has 1 fully saturated rings. The highest BCUT2D eigenvalue weighted by Gasteiger charge is 2.20. The average molecular weight is 251 g/mol. The van der Waals surface area contributed by atoms with Gasteiger partial charge in [0, 0.05) is 26.2 Å². The quantitative estimate of drug-likeness (QED) is 0.739. The van der Waals surface area contributed by atoms with Crippen LogP contribution in [0.5, 0.6) is 0 Å². The van der Waals surface area contributed by atoms with Crippen molar-refractivity contribution < 1.29 is 4.42 Å². The van der Waals surface area contributed by atoms with Crippen LogP contribution in [0.2, 0.25) is 0 Å². The first-order chi connectivity index (χ1) is 8.74. The molecular weight excluding hydrogens is 226 g/mol. The average Bonchev–Trinajstić information content (AvgIpc) is 2.96. The van der Waals surface area contributed by atoms with Gasteiger partial charge < -0.3 is 19.5 Å². The highest BCUT2D eigenvalue weighted by molar-refractivity contribution is 4.97. The van der Waals surface area contributed by atoms with Crippen LogP contribution in [0.15, 0.2) is 22.8 Å². The van der Waals surface area contributed by atoms with Crippen molar-refractivity contribution in [3.8, 4) is 0 Å². The van der Waals surface area contributed by atoms with Crippen LogP contribution >= 0.6 is 0 Å². The molecule has 1 aliphatic heterocycles. The fraction of sp³-hybridized carbons (Fsp3) is 0.714. The third kappa shape index (κ3) is 4.44. The van der Waals surface area contributed by atoms with E-state index in [0.717, 1.165) is 31.3 Å². The predicted molar refractivity (Wildman–Crippen MR) is 73.5 cm³/mol. The lowest BCUT2D eigenvalue weighted by Gasteiger charge is -2.20. The highest BCUT2D eigenvalue weighted by Crippen LogP contribution is 2.14. The van der Waals surface area contributed by atoms with Crippen LogP contribution in [0.3, 0.4) is 0 Å². The number of rotatable bonds is 7. The number of nitrogens with zero attached hydrogens (tertiary/aromatic N) is 2. The highest BCUT2D eigenvalue weighted by atomic mass is 16.3. The zero-order chi connectivity index (χ0) is 12.8. The minimum Gasteiger partial charge on any atom is -0.468 e. The maximum absolute atomic E-state index is 5.28. The van der Waals surface area contributed by atoms with E-state index in [4.69, 9.17) is 4.42 Å². The molecule has 1 N–H and O–H groups in total. The number of likely N-dealkylation sites (tertiary alicyclic amines) is 1. The van der Waals surface area contributed by atoms with Crippen molar-refractivity contribution in [3.63, 3.8) is 0 Å². The lowest BCUT2D eigenvalue weighted by Crippen LogP contribution is -2.33. The first kappa shape index (κ1) is 13.6. The summed E-state index contributed by atoms with van der Waals surface area (Å²) in [6.45, 7) is 6.67. The molecule has 1 saturated heterocycles. The summed E-state index contributed by atoms with van der Waals surface area (Å²) in [5, 5.41) is 3.41. The Morgan fingerprint density at radius 3 is 3.11 bits per heavy atom. The van der Waals surface area contributed by atoms with Crippen molar-refractivity contribution >= 4 is 0 Å². The molecule has 2 heterocycles. The van der Waals surface area contributed by atoms with E-state index in [2.05, 4.69) is 29.2 Å². The molecule has 18 heavy (non-hydrogen) atoms. The zero-order valence-corrected chi connectivity index (χ0v) is 11.6. The zero-order valence-electron chi connectivity index (χ0n) is 11.6. The van der Waals surface area contributed by atoms with Gasteiger partial charge in [0.05, 0.1) is 12.8 Å². The van der Waals surface area contributed by atoms with E-state index >= 15 is 0 Å². The predicted octanol–water partition coefficient (Wildman–Crippen LogP) is 1.25. The monoisotopic (exact) mass is 251 g/mol. The van der Waals surface area contributed by atoms with Crippen LogP contribution in [-0.4, -0.2) is 56.6 Å². The van der Waals surface area contributed by atoms with Gasteiger partial charge in [0.2, 0.25) is 0 Å². The first-order valence-electron chi connectivity index (χ1n) is 6.84. The van der Waals surface area contributed by atoms with Crippen molar-refractivity contribution in [2.45, 2.75) is 13.0 Å². The van der Waals surface area contributed by atoms with Crippen molar-refractivity contribution in [2.24, 2.45) is 5.92 Å². The summed E-state index contributed by atoms with van der Waals surface area (Å²) in [6, 6.07) is 3.94. The van der Waals surface area contributed by atoms with Crippen molar-refractivity contribution in [3.05, 3.63) is 24.2 Å². The molecule has 1 unspecified atom stereocenters. The van der Waals surface area contributed by atoms with Crippen molar-refractivity contribution in [1.82, 2.24) is 15.1 Å². The van der Waals surface area contributed by atoms with Gasteiger partial charge in [0.15, 0.2) is 0 Å². The molecule has 0 aliphatic carbocycles. The number of likely N-dealkylation sites (N-methyl/N-ethyl adjacent to an activating group) is 1. The van der Waals surface area contributed by atoms with Crippen LogP contribution in [-0.2, 0) is 6.54 Å². The second-order valence-electron chi connectivity index (χ2n) is 5.44. The summed E-state index contributed by atoms with van der Waals surface area (Å²) in [5.74, 6) is 1.86. The van der Waals surface area contributed by atoms with Gasteiger partial charge in [-0.3, -0.25) is 0 Å². The van der Waals surface area contributed by atoms with Gasteiger partial charge in [-0.15, -0.1) is 0 Å². The Balaban J connectivity index is 1.53. The van der Waals surface area contributed by atoms with Gasteiger partial charge in [-0.05, 0) is 45.1 Å². The van der Waals surface area contributed by atoms with Crippen LogP contribution in [0.1, 0.15) is 12.2 Å². The summed E-state index contributed by atoms with van der Waals surface area (Å²) >= 11 is 0. The molecule has 2 rings (SSSR count). The molecular formula is C14H25N3O. The maximum atomic E-state index is 5.28. The molecule has 0 spiro atoms. The number of nitrogens with one attached hydrogen (secondary N) is 1. The Morgan fingerprint density at radius 1 is 1.56 bits per heavy atom. The molecule has 4 heteroatoms. The van der Waals surface area contributed by atoms with Crippen LogP contribution in [0.4, 0.5) is 0 Å². The Labute approximate surface area is 110 Å². The lowest BCUT2D eigenvalue weighted by molar-refractivity contribution is 0.272. The number of furan rings is 1. The molecule has 0 aromatic carbocycles. The Kier molecular flexibility index (Phi) is 5.23. The summed E-state index contributed by atoms with van der Waals surface area (Å²) in [4.78, 5) is 4.85. The summed E-state index contributed by atoms with van der Waals surface area (Å²) < 4.78 is 5.28. The molecule has 0 radical (unpaired) electrons. The SMILES string of the molecule is CN(CCNCc1ccco1)CC1CCN(C)C1. The molecule has 0 amide bonds. The molecule has 4 nitrogen and oxygen atoms in total. The van der Waals surface area contributed by atoms with Gasteiger partial charge in [0.1, 0.15) is 5.76 Å². The van der Waals surface area contributed by atoms with Gasteiger partial charge in [0.25, 0.3) is 0 Å². The Morgan fingerprint density at radius 2 is 2.44 bits per heavy atom. The topological polar surface area (TPSA) is 31.6 Å². The minimum absolute atomic E-state index is 0.826. The third-order valence-corrected chi connectivity index (χ3v) is 3.61. The normalized spacial score (nSPS) is 20.9. The molecule has 0 bridgehead atoms. The third-order valence-electron chi connectivity index (χ3n) is 3.61. The molecule has 102 valence electrons. The van der Waals surface area contributed by atoms with Crippen molar-refractivity contribution in [1.29, 1.82) is 0 Å². The molecule has 0 saturated carbocycles. The van der Waals surface area contributed by atoms with E-state index in [1.807, 2.05) is 12.1 Å². The van der Waals surface area contributed by atoms with Crippen LogP contribution in [0.25, 0.3) is 0 Å². The van der Waals surface area contributed by atoms with Gasteiger partial charge in [-0.2, -0.15) is 0 Å². The standard InChI is InChI=1S/C14H25N3O/c1-16-7-5-13(11-16)12-17(2)8-6-15-10-14-4-3-9-18-14/h3-4,9,13,15H,5-8,10-12H2,1-2H3. The molecule has 1 aromatic heterocycles. The summed E-state index contributed by atoms with van der Waals surface area (Å²) in [6.07, 6.45) is 3.07. The summed E-state index contributed by atoms with van der Waals surface area (Å²) in [5.41, 5.74) is 0. The number of hydrogen-bond donors (Lipinski definition) is 1. The van der Waals surface area contributed by atoms with E-state index < -0.39 is 0 Å². The number of hydrogen-bond acceptors (Lipinski definition) is 4. The van der Waals surface area contributed by atoms with Crippen LogP contribution < -0.4 is 5.32 Å². The first-order valence-corrected chi connectivity index (χ1v) is 6.84. The fourth-order valence-corrected chi connectivity index (χ4v) is 2.60. The van der Waals surface area contributed by atoms with E-state index in [-0.39, 0.29) is 0 Å². The Hall–Kier alpha value is -0.840. The molecule has 1 atom stereocenters. The van der Waals surface area contributed by atoms with E-state index in [9.17, 15) is 0 Å². The van der Waals surface area contributed by atoms with Crippen molar-refractivity contribution in [2.75, 3.05) is 46.8 Å². The van der Waals surface area contributed by atoms with E-state index in [0.29, 0.717) is 0 Å². The second-order valence-corrected chi connectivity index (χ2v) is 5.44. The van der Waals surface area contributed by atoms with Gasteiger partial charge in [-0.1, -0.05) is 0 Å². The Bertz CT molecular complexity index is 326. The summed E-state index contributed by atoms with van der Waals surface area (Å²) in [7, 11) is 4.43. The second kappa shape index (κ2) is 6.92. The minimum atomic E-state index is 0.826. The van der Waals surface area contributed by atoms with Gasteiger partial charge in [-0.25, -0.2) is 0 Å². The van der Waals surface area contributed by atoms with Crippen LogP contribution in [0, 0.1) is 5.92 Å². The maximum Gasteiger partial charge on any atom is 0.117 e.